The van der Waals surface area contributed by atoms with Crippen LogP contribution in [0.5, 0.6) is 0 Å². The molecule has 6 nitrogen and oxygen atoms in total. The molecule has 0 N–H and O–H groups in total. The van der Waals surface area contributed by atoms with Gasteiger partial charge in [0.25, 0.3) is 0 Å². The molecule has 0 radical (unpaired) electrons. The molecule has 6 heteroatoms. The fourth-order valence-corrected chi connectivity index (χ4v) is 18.9. The predicted molar refractivity (Wildman–Crippen MR) is 641 cm³/mol. The molecule has 5 fully saturated rings. The van der Waals surface area contributed by atoms with E-state index in [4.69, 9.17) is 0 Å². The Kier molecular flexibility index (Phi) is 58.0. The number of aromatic nitrogens is 6. The van der Waals surface area contributed by atoms with Gasteiger partial charge in [-0.15, -0.1) is 0 Å². The van der Waals surface area contributed by atoms with E-state index >= 15 is 0 Å². The highest BCUT2D eigenvalue weighted by molar-refractivity contribution is 5.85. The Morgan fingerprint density at radius 1 is 0.185 bits per heavy atom. The first-order valence-corrected chi connectivity index (χ1v) is 55.7. The summed E-state index contributed by atoms with van der Waals surface area (Å²) in [7, 11) is 0. The summed E-state index contributed by atoms with van der Waals surface area (Å²) >= 11 is 0. The number of fused-ring (bicyclic) bond motifs is 2. The van der Waals surface area contributed by atoms with Gasteiger partial charge in [-0.3, -0.25) is 19.9 Å². The number of aryl methyl sites for hydroxylation is 20. The van der Waals surface area contributed by atoms with Gasteiger partial charge in [-0.25, -0.2) is 9.97 Å². The van der Waals surface area contributed by atoms with Crippen molar-refractivity contribution in [2.45, 2.75) is 348 Å². The van der Waals surface area contributed by atoms with Gasteiger partial charge in [0.1, 0.15) is 5.82 Å². The summed E-state index contributed by atoms with van der Waals surface area (Å²) in [6.07, 6.45) is 40.0. The molecule has 0 atom stereocenters. The SMILES string of the molecule is CC.CC.CC1CCC(C)CC1.CC1CCC(C2CCC(C)CC2)CC1.Cc1ccc(-c2ccc(C)cc2)cc1.Cc1ccc(C)c(C)c1.Cc1ccc(C)c(C)c1.Cc1ccc(C2CCC(C)CC2)cc1.Cc1ccc(C2CCC(C)CC2)cc1.Cc1ccc2ccccc2c1.Cc1cccc2ccccc12.Cc1ccccc1-c1ccccc1C.Cc1cnc(C)cn1.Cc1cnc(C)cn1.Cc1cnc(C)nc1. The van der Waals surface area contributed by atoms with Crippen molar-refractivity contribution in [1.29, 1.82) is 0 Å². The first kappa shape index (κ1) is 123. The van der Waals surface area contributed by atoms with Crippen LogP contribution in [0.1, 0.15) is 333 Å². The Morgan fingerprint density at radius 2 is 0.452 bits per heavy atom. The van der Waals surface area contributed by atoms with E-state index in [1.165, 1.54) is 224 Å². The van der Waals surface area contributed by atoms with Gasteiger partial charge in [-0.2, -0.15) is 0 Å². The topological polar surface area (TPSA) is 77.3 Å². The van der Waals surface area contributed by atoms with Gasteiger partial charge in [0.15, 0.2) is 0 Å². The van der Waals surface area contributed by atoms with E-state index in [0.29, 0.717) is 0 Å². The summed E-state index contributed by atoms with van der Waals surface area (Å²) in [6.45, 7) is 63.8. The fourth-order valence-electron chi connectivity index (χ4n) is 18.9. The maximum absolute atomic E-state index is 4.02. The summed E-state index contributed by atoms with van der Waals surface area (Å²) in [5.74, 6) is 10.7. The molecule has 5 saturated carbocycles. The van der Waals surface area contributed by atoms with E-state index in [2.05, 4.69) is 435 Å². The van der Waals surface area contributed by atoms with Crippen LogP contribution in [-0.2, 0) is 0 Å². The maximum atomic E-state index is 4.02. The van der Waals surface area contributed by atoms with E-state index < -0.39 is 0 Å². The Balaban J connectivity index is 0.000000242. The fraction of sp³-hybridized carbons (Fsp3) is 0.429. The molecule has 0 aliphatic heterocycles. The summed E-state index contributed by atoms with van der Waals surface area (Å²) < 4.78 is 0. The second-order valence-electron chi connectivity index (χ2n) is 42.7. The molecule has 3 aromatic heterocycles. The molecular formula is C140H190N6. The monoisotopic (exact) mass is 1960 g/mol. The number of hydrogen-bond acceptors (Lipinski definition) is 6. The maximum Gasteiger partial charge on any atom is 0.125 e. The third kappa shape index (κ3) is 48.4. The molecule has 15 aromatic rings. The van der Waals surface area contributed by atoms with Crippen LogP contribution in [0.15, 0.2) is 304 Å². The normalized spacial score (nSPS) is 18.1. The van der Waals surface area contributed by atoms with Crippen LogP contribution in [0.3, 0.4) is 0 Å². The number of benzene rings is 12. The lowest BCUT2D eigenvalue weighted by molar-refractivity contribution is 0.155. The molecule has 780 valence electrons. The minimum Gasteiger partial charge on any atom is -0.258 e. The lowest BCUT2D eigenvalue weighted by atomic mass is 9.70. The first-order valence-electron chi connectivity index (χ1n) is 55.7. The molecule has 0 amide bonds. The van der Waals surface area contributed by atoms with Crippen LogP contribution >= 0.6 is 0 Å². The van der Waals surface area contributed by atoms with Crippen molar-refractivity contribution < 1.29 is 0 Å². The van der Waals surface area contributed by atoms with E-state index in [-0.39, 0.29) is 0 Å². The molecule has 0 spiro atoms. The zero-order chi connectivity index (χ0) is 107. The quantitative estimate of drug-likeness (QED) is 0.171. The third-order valence-electron chi connectivity index (χ3n) is 29.2. The summed E-state index contributed by atoms with van der Waals surface area (Å²) in [6, 6.07) is 95.3. The molecule has 3 heterocycles. The van der Waals surface area contributed by atoms with Crippen LogP contribution < -0.4 is 0 Å². The van der Waals surface area contributed by atoms with E-state index in [9.17, 15) is 0 Å². The molecule has 0 bridgehead atoms. The van der Waals surface area contributed by atoms with Gasteiger partial charge in [0, 0.05) is 37.2 Å². The first-order chi connectivity index (χ1) is 70.1. The molecule has 20 rings (SSSR count). The Labute approximate surface area is 890 Å². The zero-order valence-electron chi connectivity index (χ0n) is 96.5. The molecule has 0 saturated heterocycles. The minimum atomic E-state index is 0.829. The molecule has 12 aromatic carbocycles. The summed E-state index contributed by atoms with van der Waals surface area (Å²) in [5.41, 5.74) is 32.3. The van der Waals surface area contributed by atoms with Gasteiger partial charge in [-0.1, -0.05) is 452 Å². The van der Waals surface area contributed by atoms with Crippen molar-refractivity contribution in [2.24, 2.45) is 47.3 Å². The smallest absolute Gasteiger partial charge is 0.125 e. The second-order valence-corrected chi connectivity index (χ2v) is 42.7. The largest absolute Gasteiger partial charge is 0.258 e. The Hall–Kier alpha value is -11.6. The van der Waals surface area contributed by atoms with Crippen LogP contribution in [0, 0.1) is 186 Å². The Morgan fingerprint density at radius 3 is 0.767 bits per heavy atom. The van der Waals surface area contributed by atoms with Crippen LogP contribution in [0.2, 0.25) is 0 Å². The highest BCUT2D eigenvalue weighted by Crippen LogP contribution is 2.42. The molecule has 146 heavy (non-hydrogen) atoms. The van der Waals surface area contributed by atoms with E-state index in [0.717, 1.165) is 93.3 Å². The van der Waals surface area contributed by atoms with Crippen molar-refractivity contribution >= 4 is 21.5 Å². The van der Waals surface area contributed by atoms with Crippen LogP contribution in [0.25, 0.3) is 43.8 Å². The highest BCUT2D eigenvalue weighted by atomic mass is 14.8. The molecule has 0 unspecified atom stereocenters. The van der Waals surface area contributed by atoms with Gasteiger partial charge in [0.2, 0.25) is 0 Å². The van der Waals surface area contributed by atoms with Crippen LogP contribution in [-0.4, -0.2) is 29.9 Å². The van der Waals surface area contributed by atoms with Gasteiger partial charge >= 0.3 is 0 Å². The second kappa shape index (κ2) is 68.8. The zero-order valence-corrected chi connectivity index (χ0v) is 96.5. The Bertz CT molecular complexity index is 5580. The average Bonchev–Trinajstić information content (AvgIpc) is 0.874. The average molecular weight is 1960 g/mol. The lowest BCUT2D eigenvalue weighted by Gasteiger charge is -2.36. The van der Waals surface area contributed by atoms with Crippen molar-refractivity contribution in [3.8, 4) is 22.3 Å². The van der Waals surface area contributed by atoms with Gasteiger partial charge < -0.3 is 0 Å². The highest BCUT2D eigenvalue weighted by Gasteiger charge is 2.29. The van der Waals surface area contributed by atoms with E-state index in [1.807, 2.05) is 81.6 Å². The molecule has 5 aliphatic carbocycles. The van der Waals surface area contributed by atoms with Crippen molar-refractivity contribution in [3.63, 3.8) is 0 Å². The molecule has 5 aliphatic rings. The van der Waals surface area contributed by atoms with Crippen molar-refractivity contribution in [1.82, 2.24) is 29.9 Å². The van der Waals surface area contributed by atoms with Crippen molar-refractivity contribution in [2.75, 3.05) is 0 Å². The number of hydrogen-bond donors (Lipinski definition) is 0. The lowest BCUT2D eigenvalue weighted by Crippen LogP contribution is -2.24. The van der Waals surface area contributed by atoms with Crippen molar-refractivity contribution in [3.05, 3.63) is 427 Å². The third-order valence-corrected chi connectivity index (χ3v) is 29.2. The summed E-state index contributed by atoms with van der Waals surface area (Å²) in [4.78, 5) is 24.0. The standard InChI is InChI=1S/C14H26.2C14H20.2C14H14.2C11H10.2C9H12.C8H16.3C6H8N2.2C2H6/c4*1-11-3-7-13(8-4-11)14-9-5-12(2)6-10-14;1-11-7-3-5-9-13(11)14-10-6-4-8-12(14)2;1-9-5-4-7-10-6-2-3-8-11(9)10;1-9-6-7-10-4-2-3-5-11(10)8-9;2*1-7-4-5-8(2)9(3)6-7;1-7-3-5-8(2)6-4-7;2*1-5-3-8-6(2)4-7-5;1-5-3-7-6(2)8-4-5;2*1-2/h11-14H,3-10H2,1-2H3;2*3-4,7-8,12,14H,5-6,9-10H2,1-2H3;2*3-10H,1-2H3;2*2-8H,1H3;2*4-6H,1-3H3;7-8H,3-6H2,1-2H3;3*3-4H,1-2H3;2*1-2H3. The molecular weight excluding hydrogens is 1770 g/mol. The minimum absolute atomic E-state index is 0.829. The summed E-state index contributed by atoms with van der Waals surface area (Å²) in [5, 5.41) is 5.33. The number of nitrogens with zero attached hydrogens (tertiary/aromatic N) is 6. The van der Waals surface area contributed by atoms with Crippen LogP contribution in [0.4, 0.5) is 0 Å². The van der Waals surface area contributed by atoms with E-state index in [1.54, 1.807) is 61.6 Å². The van der Waals surface area contributed by atoms with Gasteiger partial charge in [0.05, 0.1) is 22.8 Å². The number of rotatable bonds is 5. The van der Waals surface area contributed by atoms with Gasteiger partial charge in [-0.05, 0) is 348 Å². The predicted octanol–water partition coefficient (Wildman–Crippen LogP) is 40.8.